The van der Waals surface area contributed by atoms with Crippen molar-refractivity contribution >= 4 is 147 Å². The van der Waals surface area contributed by atoms with Gasteiger partial charge in [0.2, 0.25) is 0 Å². The summed E-state index contributed by atoms with van der Waals surface area (Å²) in [4.78, 5) is 15.4. The van der Waals surface area contributed by atoms with Crippen molar-refractivity contribution in [2.24, 2.45) is 0 Å². The minimum atomic E-state index is 0.573. The Bertz CT molecular complexity index is 3260. The first-order valence-electron chi connectivity index (χ1n) is 19.5. The molecular weight excluding hydrogens is 706 g/mol. The van der Waals surface area contributed by atoms with E-state index < -0.39 is 0 Å². The van der Waals surface area contributed by atoms with Crippen LogP contribution < -0.4 is 38.2 Å². The molecule has 0 saturated heterocycles. The molecule has 12 heteroatoms. The Morgan fingerprint density at radius 2 is 0.895 bits per heavy atom. The molecule has 0 saturated carbocycles. The van der Waals surface area contributed by atoms with E-state index in [4.69, 9.17) is 19.4 Å². The van der Waals surface area contributed by atoms with Crippen molar-refractivity contribution in [3.05, 3.63) is 121 Å². The van der Waals surface area contributed by atoms with Gasteiger partial charge in [0.25, 0.3) is 0 Å². The van der Waals surface area contributed by atoms with Crippen LogP contribution in [0, 0.1) is 0 Å². The maximum Gasteiger partial charge on any atom is 0.167 e. The maximum absolute atomic E-state index is 6.47. The Balaban J connectivity index is 1.14. The number of hydrogen-bond acceptors (Lipinski definition) is 5. The molecule has 0 spiro atoms. The highest BCUT2D eigenvalue weighted by molar-refractivity contribution is 7.28. The molecule has 0 aliphatic rings. The lowest BCUT2D eigenvalue weighted by Crippen LogP contribution is -2.47. The second-order valence-electron chi connectivity index (χ2n) is 15.4. The van der Waals surface area contributed by atoms with Gasteiger partial charge >= 0.3 is 0 Å². The molecule has 10 rings (SSSR count). The van der Waals surface area contributed by atoms with Gasteiger partial charge in [-0.05, 0) is 45.2 Å². The van der Waals surface area contributed by atoms with Crippen LogP contribution >= 0.6 is 11.3 Å². The highest BCUT2D eigenvalue weighted by atomic mass is 32.1. The van der Waals surface area contributed by atoms with Crippen LogP contribution in [-0.2, 0) is 0 Å². The van der Waals surface area contributed by atoms with E-state index in [9.17, 15) is 0 Å². The van der Waals surface area contributed by atoms with Crippen molar-refractivity contribution in [2.45, 2.75) is 0 Å². The molecule has 0 amide bonds. The van der Waals surface area contributed by atoms with E-state index in [-0.39, 0.29) is 0 Å². The van der Waals surface area contributed by atoms with Gasteiger partial charge < -0.3 is 4.42 Å². The molecular formula is C45H34B7N3OS. The fourth-order valence-electron chi connectivity index (χ4n) is 8.59. The molecule has 262 valence electrons. The summed E-state index contributed by atoms with van der Waals surface area (Å²) in [5, 5.41) is 4.91. The highest BCUT2D eigenvalue weighted by Crippen LogP contribution is 2.38. The van der Waals surface area contributed by atoms with Crippen LogP contribution in [0.1, 0.15) is 0 Å². The molecule has 3 aromatic heterocycles. The van der Waals surface area contributed by atoms with Gasteiger partial charge in [0.15, 0.2) is 17.5 Å². The zero-order chi connectivity index (χ0) is 39.1. The number of rotatable bonds is 5. The SMILES string of the molecule is Bc1c(B)c(B)c2c(sc3c(-c4ccc(-c5nc(-c6ccc(-c7ccccc7)cc6)nc(-c6cccc7c6oc6ccccc67)n5)cc4)c(B)c(B)c(B)c32)c1B. The quantitative estimate of drug-likeness (QED) is 0.239. The summed E-state index contributed by atoms with van der Waals surface area (Å²) in [5.74, 6) is 1.80. The van der Waals surface area contributed by atoms with Crippen molar-refractivity contribution < 1.29 is 4.42 Å². The minimum absolute atomic E-state index is 0.573. The lowest BCUT2D eigenvalue weighted by atomic mass is 9.64. The number of benzene rings is 7. The van der Waals surface area contributed by atoms with Crippen molar-refractivity contribution in [1.82, 2.24) is 15.0 Å². The van der Waals surface area contributed by atoms with Crippen molar-refractivity contribution in [3.63, 3.8) is 0 Å². The van der Waals surface area contributed by atoms with Gasteiger partial charge in [0, 0.05) is 31.3 Å². The molecule has 10 aromatic rings. The van der Waals surface area contributed by atoms with Crippen LogP contribution in [0.4, 0.5) is 0 Å². The third-order valence-corrected chi connectivity index (χ3v) is 13.7. The second kappa shape index (κ2) is 13.6. The Labute approximate surface area is 342 Å². The van der Waals surface area contributed by atoms with E-state index in [0.29, 0.717) is 17.5 Å². The van der Waals surface area contributed by atoms with Gasteiger partial charge in [0.05, 0.1) is 5.56 Å². The van der Waals surface area contributed by atoms with Crippen LogP contribution in [0.2, 0.25) is 0 Å². The zero-order valence-electron chi connectivity index (χ0n) is 33.2. The van der Waals surface area contributed by atoms with Gasteiger partial charge in [-0.1, -0.05) is 131 Å². The third kappa shape index (κ3) is 5.64. The summed E-state index contributed by atoms with van der Waals surface area (Å²) in [6.45, 7) is 0. The molecule has 0 N–H and O–H groups in total. The zero-order valence-corrected chi connectivity index (χ0v) is 34.0. The van der Waals surface area contributed by atoms with Gasteiger partial charge in [-0.2, -0.15) is 0 Å². The normalized spacial score (nSPS) is 11.6. The molecule has 7 aromatic carbocycles. The summed E-state index contributed by atoms with van der Waals surface area (Å²) in [6, 6.07) is 42.0. The van der Waals surface area contributed by atoms with Gasteiger partial charge in [-0.3, -0.25) is 0 Å². The van der Waals surface area contributed by atoms with E-state index in [2.05, 4.69) is 146 Å². The number of hydrogen-bond donors (Lipinski definition) is 0. The summed E-state index contributed by atoms with van der Waals surface area (Å²) in [5.41, 5.74) is 18.7. The molecule has 0 fully saturated rings. The predicted molar refractivity (Wildman–Crippen MR) is 264 cm³/mol. The first-order chi connectivity index (χ1) is 27.7. The molecule has 0 unspecified atom stereocenters. The standard InChI is InChI=1S/C45H34B7N3OS/c46-33-30(41-31(34(47)36(33)49)32-35(48)37(50)38(51)39(52)42(32)57-41)23-15-19-25(20-16-23)44-53-43(24-17-13-22(14-18-24)21-7-2-1-3-8-21)54-45(55-44)28-11-6-10-27-26-9-4-5-12-29(26)56-40(27)28/h1-20H,46-52H2. The summed E-state index contributed by atoms with van der Waals surface area (Å²) >= 11 is 1.94. The van der Waals surface area contributed by atoms with Crippen molar-refractivity contribution in [1.29, 1.82) is 0 Å². The van der Waals surface area contributed by atoms with Gasteiger partial charge in [-0.15, -0.1) is 27.7 Å². The fourth-order valence-corrected chi connectivity index (χ4v) is 10.2. The maximum atomic E-state index is 6.47. The van der Waals surface area contributed by atoms with Crippen LogP contribution in [0.25, 0.3) is 98.5 Å². The number of aromatic nitrogens is 3. The predicted octanol–water partition coefficient (Wildman–Crippen LogP) is 0.283. The number of furan rings is 1. The lowest BCUT2D eigenvalue weighted by molar-refractivity contribution is 0.669. The minimum Gasteiger partial charge on any atom is -0.455 e. The number of nitrogens with zero attached hydrogens (tertiary/aromatic N) is 3. The fraction of sp³-hybridized carbons (Fsp3) is 0. The molecule has 0 atom stereocenters. The van der Waals surface area contributed by atoms with E-state index in [1.165, 1.54) is 75.1 Å². The Morgan fingerprint density at radius 3 is 1.58 bits per heavy atom. The Hall–Kier alpha value is -5.98. The molecule has 3 heterocycles. The van der Waals surface area contributed by atoms with E-state index in [1.54, 1.807) is 0 Å². The monoisotopic (exact) mass is 741 g/mol. The van der Waals surface area contributed by atoms with Crippen molar-refractivity contribution in [2.75, 3.05) is 0 Å². The molecule has 0 radical (unpaired) electrons. The second-order valence-corrected chi connectivity index (χ2v) is 16.4. The van der Waals surface area contributed by atoms with Crippen LogP contribution in [0.15, 0.2) is 126 Å². The number of para-hydroxylation sites is 2. The Morgan fingerprint density at radius 1 is 0.386 bits per heavy atom. The summed E-state index contributed by atoms with van der Waals surface area (Å²) in [6.07, 6.45) is 0. The number of fused-ring (bicyclic) bond motifs is 6. The summed E-state index contributed by atoms with van der Waals surface area (Å²) < 4.78 is 9.23. The number of thiophene rings is 1. The van der Waals surface area contributed by atoms with E-state index >= 15 is 0 Å². The topological polar surface area (TPSA) is 51.8 Å². The van der Waals surface area contributed by atoms with Gasteiger partial charge in [-0.25, -0.2) is 15.0 Å². The highest BCUT2D eigenvalue weighted by Gasteiger charge is 2.22. The molecule has 0 aliphatic heterocycles. The Kier molecular flexibility index (Phi) is 8.46. The lowest BCUT2D eigenvalue weighted by Gasteiger charge is -2.17. The van der Waals surface area contributed by atoms with Gasteiger partial charge in [0.1, 0.15) is 66.1 Å². The average Bonchev–Trinajstić information content (AvgIpc) is 3.84. The smallest absolute Gasteiger partial charge is 0.167 e. The van der Waals surface area contributed by atoms with Crippen molar-refractivity contribution in [3.8, 4) is 56.4 Å². The summed E-state index contributed by atoms with van der Waals surface area (Å²) in [7, 11) is 16.0. The largest absolute Gasteiger partial charge is 0.455 e. The van der Waals surface area contributed by atoms with Crippen LogP contribution in [0.3, 0.4) is 0 Å². The molecule has 4 nitrogen and oxygen atoms in total. The molecule has 0 aliphatic carbocycles. The first kappa shape index (κ1) is 35.4. The van der Waals surface area contributed by atoms with Crippen LogP contribution in [-0.4, -0.2) is 69.9 Å². The van der Waals surface area contributed by atoms with E-state index in [1.807, 2.05) is 41.7 Å². The third-order valence-electron chi connectivity index (χ3n) is 12.4. The van der Waals surface area contributed by atoms with E-state index in [0.717, 1.165) is 44.2 Å². The molecule has 57 heavy (non-hydrogen) atoms. The average molecular weight is 741 g/mol. The first-order valence-corrected chi connectivity index (χ1v) is 20.3. The molecule has 0 bridgehead atoms. The van der Waals surface area contributed by atoms with Crippen LogP contribution in [0.5, 0.6) is 0 Å².